The zero-order chi connectivity index (χ0) is 11.4. The lowest BCUT2D eigenvalue weighted by Gasteiger charge is -2.36. The maximum absolute atomic E-state index is 11.0. The number of pyridine rings is 1. The van der Waals surface area contributed by atoms with Gasteiger partial charge >= 0.3 is 5.97 Å². The lowest BCUT2D eigenvalue weighted by Crippen LogP contribution is -2.38. The first-order valence-corrected chi connectivity index (χ1v) is 5.43. The summed E-state index contributed by atoms with van der Waals surface area (Å²) in [5.41, 5.74) is 0.579. The third kappa shape index (κ3) is 2.22. The van der Waals surface area contributed by atoms with Crippen molar-refractivity contribution in [1.29, 1.82) is 0 Å². The molecule has 1 N–H and O–H groups in total. The van der Waals surface area contributed by atoms with E-state index >= 15 is 0 Å². The fraction of sp³-hybridized carbons (Fsp3) is 0.500. The maximum atomic E-state index is 11.0. The van der Waals surface area contributed by atoms with Crippen LogP contribution in [0.3, 0.4) is 0 Å². The number of aromatic nitrogens is 1. The third-order valence-electron chi connectivity index (χ3n) is 3.09. The highest BCUT2D eigenvalue weighted by Gasteiger charge is 2.37. The Labute approximate surface area is 94.3 Å². The molecule has 4 nitrogen and oxygen atoms in total. The largest absolute Gasteiger partial charge is 0.481 e. The Morgan fingerprint density at radius 3 is 3.06 bits per heavy atom. The van der Waals surface area contributed by atoms with Crippen LogP contribution in [-0.4, -0.2) is 29.3 Å². The first kappa shape index (κ1) is 11.1. The van der Waals surface area contributed by atoms with Gasteiger partial charge in [0.2, 0.25) is 0 Å². The van der Waals surface area contributed by atoms with Crippen molar-refractivity contribution in [2.75, 3.05) is 13.2 Å². The second kappa shape index (κ2) is 4.61. The van der Waals surface area contributed by atoms with E-state index in [0.717, 1.165) is 25.0 Å². The molecule has 1 fully saturated rings. The number of nitrogens with zero attached hydrogens (tertiary/aromatic N) is 1. The van der Waals surface area contributed by atoms with Crippen molar-refractivity contribution in [3.63, 3.8) is 0 Å². The molecular formula is C12H15NO3. The summed E-state index contributed by atoms with van der Waals surface area (Å²) < 4.78 is 5.45. The fourth-order valence-electron chi connectivity index (χ4n) is 2.29. The van der Waals surface area contributed by atoms with Gasteiger partial charge in [-0.05, 0) is 24.5 Å². The van der Waals surface area contributed by atoms with Crippen molar-refractivity contribution in [2.45, 2.75) is 24.7 Å². The predicted octanol–water partition coefficient (Wildman–Crippen LogP) is 1.60. The van der Waals surface area contributed by atoms with Crippen LogP contribution in [0.15, 0.2) is 24.5 Å². The Morgan fingerprint density at radius 1 is 1.62 bits per heavy atom. The molecule has 0 saturated carbocycles. The van der Waals surface area contributed by atoms with Crippen LogP contribution in [0.4, 0.5) is 0 Å². The van der Waals surface area contributed by atoms with Gasteiger partial charge in [0.25, 0.3) is 0 Å². The van der Waals surface area contributed by atoms with E-state index in [1.54, 1.807) is 12.4 Å². The molecule has 2 rings (SSSR count). The number of hydrogen-bond acceptors (Lipinski definition) is 3. The summed E-state index contributed by atoms with van der Waals surface area (Å²) in [4.78, 5) is 15.0. The second-order valence-electron chi connectivity index (χ2n) is 4.25. The van der Waals surface area contributed by atoms with E-state index < -0.39 is 11.4 Å². The monoisotopic (exact) mass is 221 g/mol. The summed E-state index contributed by atoms with van der Waals surface area (Å²) in [6.45, 7) is 1.20. The quantitative estimate of drug-likeness (QED) is 0.842. The molecule has 16 heavy (non-hydrogen) atoms. The van der Waals surface area contributed by atoms with Gasteiger partial charge in [-0.3, -0.25) is 9.78 Å². The zero-order valence-electron chi connectivity index (χ0n) is 9.06. The highest BCUT2D eigenvalue weighted by atomic mass is 16.5. The summed E-state index contributed by atoms with van der Waals surface area (Å²) in [6.07, 6.45) is 5.31. The van der Waals surface area contributed by atoms with Crippen LogP contribution in [0.25, 0.3) is 0 Å². The standard InChI is InChI=1S/C12H15NO3/c14-11(15)7-12(4-2-6-16-9-12)10-3-1-5-13-8-10/h1,3,5,8H,2,4,6-7,9H2,(H,14,15). The number of carboxylic acid groups (broad SMARTS) is 1. The highest BCUT2D eigenvalue weighted by Crippen LogP contribution is 2.35. The van der Waals surface area contributed by atoms with Crippen molar-refractivity contribution in [3.05, 3.63) is 30.1 Å². The molecule has 1 unspecified atom stereocenters. The van der Waals surface area contributed by atoms with Gasteiger partial charge in [-0.2, -0.15) is 0 Å². The van der Waals surface area contributed by atoms with E-state index in [-0.39, 0.29) is 6.42 Å². The van der Waals surface area contributed by atoms with Crippen LogP contribution >= 0.6 is 0 Å². The molecule has 0 amide bonds. The molecule has 4 heteroatoms. The summed E-state index contributed by atoms with van der Waals surface area (Å²) in [6, 6.07) is 3.78. The lowest BCUT2D eigenvalue weighted by molar-refractivity contribution is -0.140. The number of aliphatic carboxylic acids is 1. The molecule has 1 aromatic heterocycles. The van der Waals surface area contributed by atoms with Crippen LogP contribution < -0.4 is 0 Å². The highest BCUT2D eigenvalue weighted by molar-refractivity contribution is 5.69. The van der Waals surface area contributed by atoms with Crippen molar-refractivity contribution < 1.29 is 14.6 Å². The van der Waals surface area contributed by atoms with E-state index in [0.29, 0.717) is 6.61 Å². The van der Waals surface area contributed by atoms with Gasteiger partial charge in [0.15, 0.2) is 0 Å². The smallest absolute Gasteiger partial charge is 0.304 e. The molecule has 1 aromatic rings. The normalized spacial score (nSPS) is 25.2. The minimum atomic E-state index is -0.783. The third-order valence-corrected chi connectivity index (χ3v) is 3.09. The van der Waals surface area contributed by atoms with Gasteiger partial charge in [-0.15, -0.1) is 0 Å². The molecule has 2 heterocycles. The van der Waals surface area contributed by atoms with E-state index in [9.17, 15) is 4.79 Å². The van der Waals surface area contributed by atoms with Gasteiger partial charge in [-0.25, -0.2) is 0 Å². The first-order chi connectivity index (χ1) is 7.73. The van der Waals surface area contributed by atoms with Gasteiger partial charge in [0.1, 0.15) is 0 Å². The van der Waals surface area contributed by atoms with E-state index in [4.69, 9.17) is 9.84 Å². The molecule has 1 atom stereocenters. The van der Waals surface area contributed by atoms with Crippen LogP contribution in [0, 0.1) is 0 Å². The van der Waals surface area contributed by atoms with Crippen LogP contribution in [-0.2, 0) is 14.9 Å². The molecule has 0 radical (unpaired) electrons. The molecule has 0 spiro atoms. The Morgan fingerprint density at radius 2 is 2.50 bits per heavy atom. The summed E-state index contributed by atoms with van der Waals surface area (Å²) in [7, 11) is 0. The Bertz CT molecular complexity index is 358. The zero-order valence-corrected chi connectivity index (χ0v) is 9.06. The summed E-state index contributed by atoms with van der Waals surface area (Å²) in [5, 5.41) is 9.02. The van der Waals surface area contributed by atoms with Gasteiger partial charge < -0.3 is 9.84 Å². The predicted molar refractivity (Wildman–Crippen MR) is 58.2 cm³/mol. The molecule has 1 saturated heterocycles. The molecule has 0 bridgehead atoms. The Balaban J connectivity index is 2.29. The van der Waals surface area contributed by atoms with Crippen LogP contribution in [0.5, 0.6) is 0 Å². The van der Waals surface area contributed by atoms with Crippen molar-refractivity contribution in [2.24, 2.45) is 0 Å². The van der Waals surface area contributed by atoms with Crippen LogP contribution in [0.2, 0.25) is 0 Å². The van der Waals surface area contributed by atoms with Gasteiger partial charge in [0.05, 0.1) is 13.0 Å². The van der Waals surface area contributed by atoms with Crippen molar-refractivity contribution in [1.82, 2.24) is 4.98 Å². The maximum Gasteiger partial charge on any atom is 0.304 e. The van der Waals surface area contributed by atoms with E-state index in [1.807, 2.05) is 12.1 Å². The second-order valence-corrected chi connectivity index (χ2v) is 4.25. The Kier molecular flexibility index (Phi) is 3.19. The van der Waals surface area contributed by atoms with Crippen LogP contribution in [0.1, 0.15) is 24.8 Å². The molecule has 1 aliphatic heterocycles. The molecular weight excluding hydrogens is 206 g/mol. The van der Waals surface area contributed by atoms with Crippen molar-refractivity contribution in [3.8, 4) is 0 Å². The number of carboxylic acids is 1. The van der Waals surface area contributed by atoms with Gasteiger partial charge in [0, 0.05) is 24.4 Å². The number of hydrogen-bond donors (Lipinski definition) is 1. The molecule has 0 aromatic carbocycles. The molecule has 0 aliphatic carbocycles. The minimum Gasteiger partial charge on any atom is -0.481 e. The number of rotatable bonds is 3. The average Bonchev–Trinajstić information content (AvgIpc) is 2.30. The SMILES string of the molecule is O=C(O)CC1(c2cccnc2)CCCOC1. The topological polar surface area (TPSA) is 59.4 Å². The summed E-state index contributed by atoms with van der Waals surface area (Å²) >= 11 is 0. The number of ether oxygens (including phenoxy) is 1. The minimum absolute atomic E-state index is 0.110. The fourth-order valence-corrected chi connectivity index (χ4v) is 2.29. The van der Waals surface area contributed by atoms with Crippen molar-refractivity contribution >= 4 is 5.97 Å². The summed E-state index contributed by atoms with van der Waals surface area (Å²) in [5.74, 6) is -0.783. The average molecular weight is 221 g/mol. The van der Waals surface area contributed by atoms with E-state index in [1.165, 1.54) is 0 Å². The number of carbonyl (C=O) groups is 1. The Hall–Kier alpha value is -1.42. The first-order valence-electron chi connectivity index (χ1n) is 5.43. The molecule has 86 valence electrons. The lowest BCUT2D eigenvalue weighted by atomic mass is 9.74. The molecule has 1 aliphatic rings. The van der Waals surface area contributed by atoms with E-state index in [2.05, 4.69) is 4.98 Å². The van der Waals surface area contributed by atoms with Gasteiger partial charge in [-0.1, -0.05) is 6.07 Å².